The van der Waals surface area contributed by atoms with Crippen molar-refractivity contribution in [1.82, 2.24) is 9.88 Å². The number of nitrogens with one attached hydrogen (secondary N) is 1. The van der Waals surface area contributed by atoms with Gasteiger partial charge in [-0.25, -0.2) is 0 Å². The standard InChI is InChI=1S/C17H22N2O/c1-4-14-6-8-16(9-7-14)19-12-15(11-18-5-2)17(20)10-13(19)3/h6-10,12,18H,4-5,11H2,1-3H3. The van der Waals surface area contributed by atoms with Gasteiger partial charge in [0, 0.05) is 35.8 Å². The van der Waals surface area contributed by atoms with Crippen molar-refractivity contribution in [3.05, 3.63) is 63.6 Å². The van der Waals surface area contributed by atoms with E-state index in [2.05, 4.69) is 41.1 Å². The van der Waals surface area contributed by atoms with Gasteiger partial charge in [-0.15, -0.1) is 0 Å². The quantitative estimate of drug-likeness (QED) is 0.906. The number of rotatable bonds is 5. The summed E-state index contributed by atoms with van der Waals surface area (Å²) < 4.78 is 2.08. The van der Waals surface area contributed by atoms with Crippen LogP contribution in [0.2, 0.25) is 0 Å². The maximum atomic E-state index is 12.0. The van der Waals surface area contributed by atoms with Gasteiger partial charge in [-0.2, -0.15) is 0 Å². The molecule has 1 aromatic heterocycles. The first-order chi connectivity index (χ1) is 9.65. The summed E-state index contributed by atoms with van der Waals surface area (Å²) in [6.07, 6.45) is 2.98. The second-order valence-electron chi connectivity index (χ2n) is 4.97. The molecule has 20 heavy (non-hydrogen) atoms. The highest BCUT2D eigenvalue weighted by Crippen LogP contribution is 2.13. The molecule has 0 bridgehead atoms. The van der Waals surface area contributed by atoms with Crippen LogP contribution in [-0.2, 0) is 13.0 Å². The summed E-state index contributed by atoms with van der Waals surface area (Å²) in [4.78, 5) is 12.0. The van der Waals surface area contributed by atoms with Gasteiger partial charge in [-0.05, 0) is 37.6 Å². The van der Waals surface area contributed by atoms with Crippen molar-refractivity contribution in [2.24, 2.45) is 0 Å². The van der Waals surface area contributed by atoms with Crippen LogP contribution >= 0.6 is 0 Å². The van der Waals surface area contributed by atoms with E-state index in [1.54, 1.807) is 6.07 Å². The molecule has 0 radical (unpaired) electrons. The van der Waals surface area contributed by atoms with Crippen molar-refractivity contribution >= 4 is 0 Å². The van der Waals surface area contributed by atoms with Crippen LogP contribution < -0.4 is 10.7 Å². The Balaban J connectivity index is 2.41. The van der Waals surface area contributed by atoms with E-state index in [0.29, 0.717) is 6.54 Å². The Bertz CT molecular complexity index is 626. The molecular formula is C17H22N2O. The van der Waals surface area contributed by atoms with Gasteiger partial charge in [0.2, 0.25) is 0 Å². The maximum absolute atomic E-state index is 12.0. The van der Waals surface area contributed by atoms with Crippen molar-refractivity contribution in [3.8, 4) is 5.69 Å². The first kappa shape index (κ1) is 14.5. The van der Waals surface area contributed by atoms with Gasteiger partial charge in [-0.1, -0.05) is 26.0 Å². The molecule has 0 spiro atoms. The van der Waals surface area contributed by atoms with Crippen molar-refractivity contribution in [2.75, 3.05) is 6.54 Å². The Labute approximate surface area is 120 Å². The van der Waals surface area contributed by atoms with Crippen molar-refractivity contribution in [1.29, 1.82) is 0 Å². The van der Waals surface area contributed by atoms with E-state index in [0.717, 1.165) is 29.9 Å². The highest BCUT2D eigenvalue weighted by molar-refractivity contribution is 5.37. The van der Waals surface area contributed by atoms with Crippen LogP contribution in [0, 0.1) is 6.92 Å². The minimum atomic E-state index is 0.102. The summed E-state index contributed by atoms with van der Waals surface area (Å²) in [5.74, 6) is 0. The van der Waals surface area contributed by atoms with Crippen molar-refractivity contribution in [2.45, 2.75) is 33.7 Å². The molecule has 0 fully saturated rings. The molecule has 1 heterocycles. The Kier molecular flexibility index (Phi) is 4.74. The minimum Gasteiger partial charge on any atom is -0.321 e. The Morgan fingerprint density at radius 3 is 2.45 bits per heavy atom. The molecule has 0 saturated carbocycles. The molecule has 0 aliphatic carbocycles. The maximum Gasteiger partial charge on any atom is 0.186 e. The molecule has 1 N–H and O–H groups in total. The van der Waals surface area contributed by atoms with E-state index in [1.165, 1.54) is 5.56 Å². The molecule has 0 aliphatic heterocycles. The zero-order valence-corrected chi connectivity index (χ0v) is 12.4. The summed E-state index contributed by atoms with van der Waals surface area (Å²) in [5, 5.41) is 3.21. The number of benzene rings is 1. The van der Waals surface area contributed by atoms with Gasteiger partial charge in [0.1, 0.15) is 0 Å². The van der Waals surface area contributed by atoms with Crippen LogP contribution in [-0.4, -0.2) is 11.1 Å². The predicted octanol–water partition coefficient (Wildman–Crippen LogP) is 2.82. The molecule has 0 amide bonds. The second kappa shape index (κ2) is 6.53. The van der Waals surface area contributed by atoms with Crippen LogP contribution in [0.5, 0.6) is 0 Å². The zero-order valence-electron chi connectivity index (χ0n) is 12.4. The molecule has 0 unspecified atom stereocenters. The van der Waals surface area contributed by atoms with Gasteiger partial charge in [0.15, 0.2) is 5.43 Å². The van der Waals surface area contributed by atoms with E-state index < -0.39 is 0 Å². The monoisotopic (exact) mass is 270 g/mol. The van der Waals surface area contributed by atoms with Gasteiger partial charge in [0.25, 0.3) is 0 Å². The number of aromatic nitrogens is 1. The minimum absolute atomic E-state index is 0.102. The Hall–Kier alpha value is -1.87. The molecule has 106 valence electrons. The van der Waals surface area contributed by atoms with Crippen molar-refractivity contribution < 1.29 is 0 Å². The summed E-state index contributed by atoms with van der Waals surface area (Å²) >= 11 is 0. The summed E-state index contributed by atoms with van der Waals surface area (Å²) in [6, 6.07) is 10.2. The van der Waals surface area contributed by atoms with Crippen LogP contribution in [0.25, 0.3) is 5.69 Å². The summed E-state index contributed by atoms with van der Waals surface area (Å²) in [5.41, 5.74) is 4.28. The third kappa shape index (κ3) is 3.17. The van der Waals surface area contributed by atoms with E-state index >= 15 is 0 Å². The molecular weight excluding hydrogens is 248 g/mol. The second-order valence-corrected chi connectivity index (χ2v) is 4.97. The normalized spacial score (nSPS) is 10.8. The smallest absolute Gasteiger partial charge is 0.186 e. The molecule has 0 atom stereocenters. The molecule has 0 saturated heterocycles. The lowest BCUT2D eigenvalue weighted by Gasteiger charge is -2.13. The van der Waals surface area contributed by atoms with Gasteiger partial charge < -0.3 is 9.88 Å². The van der Waals surface area contributed by atoms with E-state index in [1.807, 2.05) is 20.0 Å². The molecule has 3 heteroatoms. The first-order valence-electron chi connectivity index (χ1n) is 7.18. The lowest BCUT2D eigenvalue weighted by molar-refractivity contribution is 0.716. The SMILES string of the molecule is CCNCc1cn(-c2ccc(CC)cc2)c(C)cc1=O. The average Bonchev–Trinajstić information content (AvgIpc) is 2.47. The van der Waals surface area contributed by atoms with Crippen LogP contribution in [0.3, 0.4) is 0 Å². The number of nitrogens with zero attached hydrogens (tertiary/aromatic N) is 1. The lowest BCUT2D eigenvalue weighted by atomic mass is 10.1. The average molecular weight is 270 g/mol. The van der Waals surface area contributed by atoms with Crippen molar-refractivity contribution in [3.63, 3.8) is 0 Å². The van der Waals surface area contributed by atoms with Crippen LogP contribution in [0.15, 0.2) is 41.3 Å². The fourth-order valence-corrected chi connectivity index (χ4v) is 2.24. The molecule has 3 nitrogen and oxygen atoms in total. The topological polar surface area (TPSA) is 34.0 Å². The van der Waals surface area contributed by atoms with Gasteiger partial charge >= 0.3 is 0 Å². The highest BCUT2D eigenvalue weighted by atomic mass is 16.1. The number of hydrogen-bond donors (Lipinski definition) is 1. The Morgan fingerprint density at radius 2 is 1.85 bits per heavy atom. The molecule has 1 aromatic carbocycles. The van der Waals surface area contributed by atoms with Gasteiger partial charge in [-0.3, -0.25) is 4.79 Å². The molecule has 0 aliphatic rings. The Morgan fingerprint density at radius 1 is 1.15 bits per heavy atom. The highest BCUT2D eigenvalue weighted by Gasteiger charge is 2.05. The fourth-order valence-electron chi connectivity index (χ4n) is 2.24. The first-order valence-corrected chi connectivity index (χ1v) is 7.18. The third-order valence-electron chi connectivity index (χ3n) is 3.51. The van der Waals surface area contributed by atoms with Crippen LogP contribution in [0.1, 0.15) is 30.7 Å². The van der Waals surface area contributed by atoms with E-state index in [4.69, 9.17) is 0 Å². The molecule has 2 aromatic rings. The lowest BCUT2D eigenvalue weighted by Crippen LogP contribution is -2.21. The summed E-state index contributed by atoms with van der Waals surface area (Å²) in [7, 11) is 0. The molecule has 2 rings (SSSR count). The summed E-state index contributed by atoms with van der Waals surface area (Å²) in [6.45, 7) is 7.62. The number of aryl methyl sites for hydroxylation is 2. The zero-order chi connectivity index (χ0) is 14.5. The van der Waals surface area contributed by atoms with E-state index in [9.17, 15) is 4.79 Å². The van der Waals surface area contributed by atoms with Gasteiger partial charge in [0.05, 0.1) is 0 Å². The van der Waals surface area contributed by atoms with E-state index in [-0.39, 0.29) is 5.43 Å². The predicted molar refractivity (Wildman–Crippen MR) is 83.5 cm³/mol. The third-order valence-corrected chi connectivity index (χ3v) is 3.51. The largest absolute Gasteiger partial charge is 0.321 e. The fraction of sp³-hybridized carbons (Fsp3) is 0.353. The number of hydrogen-bond acceptors (Lipinski definition) is 2. The number of pyridine rings is 1. The van der Waals surface area contributed by atoms with Crippen LogP contribution in [0.4, 0.5) is 0 Å².